The number of amides is 1. The molecule has 1 amide bonds. The van der Waals surface area contributed by atoms with Gasteiger partial charge in [-0.05, 0) is 29.8 Å². The highest BCUT2D eigenvalue weighted by atomic mass is 32.2. The first-order chi connectivity index (χ1) is 14.0. The van der Waals surface area contributed by atoms with Gasteiger partial charge < -0.3 is 10.1 Å². The summed E-state index contributed by atoms with van der Waals surface area (Å²) in [6.45, 7) is -0.661. The predicted octanol–water partition coefficient (Wildman–Crippen LogP) is 4.98. The summed E-state index contributed by atoms with van der Waals surface area (Å²) in [6, 6.07) is 21.5. The Bertz CT molecular complexity index is 964. The van der Waals surface area contributed by atoms with Crippen LogP contribution in [0.25, 0.3) is 0 Å². The molecular weight excluding hydrogens is 396 g/mol. The zero-order valence-corrected chi connectivity index (χ0v) is 16.0. The van der Waals surface area contributed by atoms with E-state index < -0.39 is 41.1 Å². The van der Waals surface area contributed by atoms with Gasteiger partial charge in [-0.25, -0.2) is 8.78 Å². The normalized spacial score (nSPS) is 11.5. The zero-order chi connectivity index (χ0) is 20.6. The van der Waals surface area contributed by atoms with Crippen molar-refractivity contribution in [3.63, 3.8) is 0 Å². The third kappa shape index (κ3) is 5.65. The molecule has 0 aromatic heterocycles. The Kier molecular flexibility index (Phi) is 6.97. The Morgan fingerprint density at radius 1 is 0.862 bits per heavy atom. The van der Waals surface area contributed by atoms with Gasteiger partial charge in [-0.2, -0.15) is 0 Å². The molecule has 1 atom stereocenters. The van der Waals surface area contributed by atoms with Crippen molar-refractivity contribution >= 4 is 29.3 Å². The second kappa shape index (κ2) is 9.84. The number of ether oxygens (including phenoxy) is 1. The van der Waals surface area contributed by atoms with Gasteiger partial charge in [0.2, 0.25) is 0 Å². The summed E-state index contributed by atoms with van der Waals surface area (Å²) in [7, 11) is 0. The molecule has 4 nitrogen and oxygen atoms in total. The second-order valence-electron chi connectivity index (χ2n) is 5.97. The molecule has 0 fully saturated rings. The molecule has 7 heteroatoms. The van der Waals surface area contributed by atoms with E-state index in [1.54, 1.807) is 24.3 Å². The average Bonchev–Trinajstić information content (AvgIpc) is 2.74. The summed E-state index contributed by atoms with van der Waals surface area (Å²) in [6.07, 6.45) is 0. The van der Waals surface area contributed by atoms with Crippen molar-refractivity contribution in [1.82, 2.24) is 0 Å². The fourth-order valence-electron chi connectivity index (χ4n) is 2.52. The molecule has 3 rings (SSSR count). The molecule has 0 bridgehead atoms. The highest BCUT2D eigenvalue weighted by Gasteiger charge is 2.24. The molecule has 0 heterocycles. The van der Waals surface area contributed by atoms with Gasteiger partial charge in [0.15, 0.2) is 6.61 Å². The molecule has 3 aromatic carbocycles. The maximum atomic E-state index is 13.6. The number of esters is 1. The minimum Gasteiger partial charge on any atom is -0.454 e. The minimum absolute atomic E-state index is 0.577. The largest absolute Gasteiger partial charge is 0.454 e. The summed E-state index contributed by atoms with van der Waals surface area (Å²) in [5.41, 5.74) is 0.138. The lowest BCUT2D eigenvalue weighted by Crippen LogP contribution is -2.24. The van der Waals surface area contributed by atoms with E-state index in [2.05, 4.69) is 5.32 Å². The summed E-state index contributed by atoms with van der Waals surface area (Å²) in [4.78, 5) is 25.5. The predicted molar refractivity (Wildman–Crippen MR) is 107 cm³/mol. The van der Waals surface area contributed by atoms with E-state index in [-0.39, 0.29) is 0 Å². The van der Waals surface area contributed by atoms with Crippen LogP contribution in [0.1, 0.15) is 10.8 Å². The molecular formula is C22H17F2NO3S. The topological polar surface area (TPSA) is 55.4 Å². The Morgan fingerprint density at radius 2 is 1.45 bits per heavy atom. The lowest BCUT2D eigenvalue weighted by atomic mass is 10.1. The van der Waals surface area contributed by atoms with Gasteiger partial charge in [0.1, 0.15) is 22.6 Å². The van der Waals surface area contributed by atoms with Crippen LogP contribution >= 0.6 is 11.8 Å². The molecule has 0 aliphatic carbocycles. The van der Waals surface area contributed by atoms with E-state index in [0.29, 0.717) is 5.56 Å². The number of carbonyl (C=O) groups excluding carboxylic acids is 2. The number of hydrogen-bond acceptors (Lipinski definition) is 4. The van der Waals surface area contributed by atoms with E-state index in [9.17, 15) is 18.4 Å². The van der Waals surface area contributed by atoms with Gasteiger partial charge in [0.05, 0.1) is 0 Å². The van der Waals surface area contributed by atoms with Crippen LogP contribution in [0.3, 0.4) is 0 Å². The summed E-state index contributed by atoms with van der Waals surface area (Å²) >= 11 is 1.28. The molecule has 1 N–H and O–H groups in total. The first kappa shape index (κ1) is 20.5. The Balaban J connectivity index is 1.67. The van der Waals surface area contributed by atoms with E-state index in [1.807, 2.05) is 36.4 Å². The number of anilines is 1. The molecule has 0 aliphatic heterocycles. The monoisotopic (exact) mass is 413 g/mol. The van der Waals surface area contributed by atoms with Crippen LogP contribution in [-0.2, 0) is 14.3 Å². The van der Waals surface area contributed by atoms with Crippen LogP contribution in [0.5, 0.6) is 0 Å². The average molecular weight is 413 g/mol. The van der Waals surface area contributed by atoms with Crippen LogP contribution in [0.2, 0.25) is 0 Å². The first-order valence-corrected chi connectivity index (χ1v) is 9.59. The van der Waals surface area contributed by atoms with Gasteiger partial charge in [-0.3, -0.25) is 9.59 Å². The molecule has 0 saturated heterocycles. The number of carbonyl (C=O) groups is 2. The summed E-state index contributed by atoms with van der Waals surface area (Å²) in [5.74, 6) is -3.29. The fourth-order valence-corrected chi connectivity index (χ4v) is 3.56. The van der Waals surface area contributed by atoms with E-state index in [1.165, 1.54) is 17.8 Å². The quantitative estimate of drug-likeness (QED) is 0.438. The van der Waals surface area contributed by atoms with E-state index >= 15 is 0 Å². The molecule has 0 radical (unpaired) electrons. The molecule has 3 aromatic rings. The number of nitrogens with one attached hydrogen (secondary N) is 1. The summed E-state index contributed by atoms with van der Waals surface area (Å²) < 4.78 is 32.4. The van der Waals surface area contributed by atoms with Gasteiger partial charge >= 0.3 is 5.97 Å². The summed E-state index contributed by atoms with van der Waals surface area (Å²) in [5, 5.41) is 1.39. The number of halogens is 2. The molecule has 0 aliphatic rings. The molecule has 148 valence electrons. The lowest BCUT2D eigenvalue weighted by Gasteiger charge is -2.16. The number of rotatable bonds is 7. The molecule has 0 unspecified atom stereocenters. The number of para-hydroxylation sites is 1. The Morgan fingerprint density at radius 3 is 2.07 bits per heavy atom. The standard InChI is InChI=1S/C22H17F2NO3S/c23-17-12-7-13-18(24)20(17)25-19(26)14-28-22(27)21(15-8-3-1-4-9-15)29-16-10-5-2-6-11-16/h1-13,21H,14H2,(H,25,26)/t21-/m1/s1. The Labute approximate surface area is 170 Å². The smallest absolute Gasteiger partial charge is 0.324 e. The van der Waals surface area contributed by atoms with Crippen LogP contribution in [0.15, 0.2) is 83.8 Å². The lowest BCUT2D eigenvalue weighted by molar-refractivity contribution is -0.146. The number of thioether (sulfide) groups is 1. The van der Waals surface area contributed by atoms with E-state index in [4.69, 9.17) is 4.74 Å². The maximum absolute atomic E-state index is 13.6. The maximum Gasteiger partial charge on any atom is 0.324 e. The van der Waals surface area contributed by atoms with Crippen molar-refractivity contribution < 1.29 is 23.1 Å². The highest BCUT2D eigenvalue weighted by Crippen LogP contribution is 2.36. The number of benzene rings is 3. The van der Waals surface area contributed by atoms with Crippen LogP contribution in [-0.4, -0.2) is 18.5 Å². The van der Waals surface area contributed by atoms with Gasteiger partial charge in [0.25, 0.3) is 5.91 Å². The van der Waals surface area contributed by atoms with Crippen LogP contribution < -0.4 is 5.32 Å². The van der Waals surface area contributed by atoms with Crippen molar-refractivity contribution in [3.8, 4) is 0 Å². The Hall–Kier alpha value is -3.19. The highest BCUT2D eigenvalue weighted by molar-refractivity contribution is 8.00. The van der Waals surface area contributed by atoms with Crippen molar-refractivity contribution in [2.24, 2.45) is 0 Å². The van der Waals surface area contributed by atoms with Crippen molar-refractivity contribution in [2.75, 3.05) is 11.9 Å². The SMILES string of the molecule is O=C(COC(=O)[C@H](Sc1ccccc1)c1ccccc1)Nc1c(F)cccc1F. The van der Waals surface area contributed by atoms with Gasteiger partial charge in [-0.1, -0.05) is 54.6 Å². The fraction of sp³-hybridized carbons (Fsp3) is 0.0909. The van der Waals surface area contributed by atoms with Gasteiger partial charge in [-0.15, -0.1) is 11.8 Å². The van der Waals surface area contributed by atoms with Crippen molar-refractivity contribution in [3.05, 3.63) is 96.1 Å². The molecule has 0 spiro atoms. The molecule has 0 saturated carbocycles. The van der Waals surface area contributed by atoms with Crippen molar-refractivity contribution in [2.45, 2.75) is 10.1 Å². The third-order valence-corrected chi connectivity index (χ3v) is 5.13. The molecule has 29 heavy (non-hydrogen) atoms. The zero-order valence-electron chi connectivity index (χ0n) is 15.2. The van der Waals surface area contributed by atoms with Gasteiger partial charge in [0, 0.05) is 4.90 Å². The van der Waals surface area contributed by atoms with Crippen molar-refractivity contribution in [1.29, 1.82) is 0 Å². The second-order valence-corrected chi connectivity index (χ2v) is 7.15. The van der Waals surface area contributed by atoms with Crippen LogP contribution in [0.4, 0.5) is 14.5 Å². The third-order valence-electron chi connectivity index (χ3n) is 3.89. The first-order valence-electron chi connectivity index (χ1n) is 8.72. The van der Waals surface area contributed by atoms with E-state index in [0.717, 1.165) is 17.0 Å². The van der Waals surface area contributed by atoms with Crippen LogP contribution in [0, 0.1) is 11.6 Å². The minimum atomic E-state index is -0.911. The number of hydrogen-bond donors (Lipinski definition) is 1.